The number of anilines is 1. The van der Waals surface area contributed by atoms with Crippen molar-refractivity contribution in [3.8, 4) is 23.1 Å². The summed E-state index contributed by atoms with van der Waals surface area (Å²) < 4.78 is 18.0. The van der Waals surface area contributed by atoms with Gasteiger partial charge in [0.05, 0.1) is 18.5 Å². The third-order valence-electron chi connectivity index (χ3n) is 3.34. The van der Waals surface area contributed by atoms with Crippen LogP contribution in [-0.2, 0) is 0 Å². The van der Waals surface area contributed by atoms with E-state index in [1.165, 1.54) is 23.5 Å². The number of nitrogens with zero attached hydrogens (tertiary/aromatic N) is 3. The Morgan fingerprint density at radius 3 is 2.56 bits per heavy atom. The zero-order valence-electron chi connectivity index (χ0n) is 13.2. The van der Waals surface area contributed by atoms with Crippen LogP contribution in [0.1, 0.15) is 5.01 Å². The van der Waals surface area contributed by atoms with E-state index in [1.54, 1.807) is 19.2 Å². The standard InChI is InChI=1S/C18H13FN4OS/c1-24-15-8-2-12(3-9-15)17-11-25-18(21-17)16(10-20)23-22-14-6-4-13(19)5-7-14/h2-9,11,22H,1H3. The molecule has 0 unspecified atom stereocenters. The molecular formula is C18H13FN4OS. The van der Waals surface area contributed by atoms with Gasteiger partial charge in [0.15, 0.2) is 10.7 Å². The van der Waals surface area contributed by atoms with Crippen molar-refractivity contribution in [1.82, 2.24) is 4.98 Å². The molecule has 5 nitrogen and oxygen atoms in total. The first-order chi connectivity index (χ1) is 12.2. The molecule has 0 bridgehead atoms. The van der Waals surface area contributed by atoms with Gasteiger partial charge in [-0.25, -0.2) is 9.37 Å². The van der Waals surface area contributed by atoms with Gasteiger partial charge in [-0.05, 0) is 48.5 Å². The molecule has 0 spiro atoms. The molecule has 0 saturated carbocycles. The van der Waals surface area contributed by atoms with E-state index >= 15 is 0 Å². The summed E-state index contributed by atoms with van der Waals surface area (Å²) in [7, 11) is 1.61. The highest BCUT2D eigenvalue weighted by Gasteiger charge is 2.10. The smallest absolute Gasteiger partial charge is 0.196 e. The minimum Gasteiger partial charge on any atom is -0.497 e. The topological polar surface area (TPSA) is 70.3 Å². The molecule has 1 aromatic heterocycles. The highest BCUT2D eigenvalue weighted by atomic mass is 32.1. The maximum atomic E-state index is 12.9. The Balaban J connectivity index is 1.79. The van der Waals surface area contributed by atoms with Gasteiger partial charge < -0.3 is 4.74 Å². The van der Waals surface area contributed by atoms with Gasteiger partial charge in [0.25, 0.3) is 0 Å². The van der Waals surface area contributed by atoms with E-state index in [2.05, 4.69) is 15.5 Å². The van der Waals surface area contributed by atoms with Crippen molar-refractivity contribution >= 4 is 22.7 Å². The van der Waals surface area contributed by atoms with E-state index in [4.69, 9.17) is 4.74 Å². The number of aromatic nitrogens is 1. The number of halogens is 1. The fourth-order valence-corrected chi connectivity index (χ4v) is 2.81. The van der Waals surface area contributed by atoms with Crippen LogP contribution in [0.5, 0.6) is 5.75 Å². The SMILES string of the molecule is COc1ccc(-c2csc(C(C#N)=NNc3ccc(F)cc3)n2)cc1. The van der Waals surface area contributed by atoms with Gasteiger partial charge in [0, 0.05) is 10.9 Å². The van der Waals surface area contributed by atoms with E-state index in [0.717, 1.165) is 17.0 Å². The second kappa shape index (κ2) is 7.55. The Morgan fingerprint density at radius 1 is 1.20 bits per heavy atom. The molecule has 0 atom stereocenters. The third-order valence-corrected chi connectivity index (χ3v) is 4.19. The van der Waals surface area contributed by atoms with Crippen molar-refractivity contribution in [2.75, 3.05) is 12.5 Å². The van der Waals surface area contributed by atoms with Gasteiger partial charge in [0.1, 0.15) is 17.6 Å². The summed E-state index contributed by atoms with van der Waals surface area (Å²) >= 11 is 1.33. The lowest BCUT2D eigenvalue weighted by atomic mass is 10.2. The number of benzene rings is 2. The van der Waals surface area contributed by atoms with Crippen LogP contribution in [0.25, 0.3) is 11.3 Å². The van der Waals surface area contributed by atoms with Crippen molar-refractivity contribution in [2.45, 2.75) is 0 Å². The number of hydrazone groups is 1. The van der Waals surface area contributed by atoms with Crippen LogP contribution in [0, 0.1) is 17.1 Å². The van der Waals surface area contributed by atoms with E-state index in [0.29, 0.717) is 10.7 Å². The first-order valence-corrected chi connectivity index (χ1v) is 8.17. The van der Waals surface area contributed by atoms with Crippen LogP contribution >= 0.6 is 11.3 Å². The third kappa shape index (κ3) is 4.00. The molecule has 0 aliphatic carbocycles. The number of ether oxygens (including phenoxy) is 1. The first-order valence-electron chi connectivity index (χ1n) is 7.29. The van der Waals surface area contributed by atoms with E-state index < -0.39 is 0 Å². The molecule has 0 aliphatic heterocycles. The highest BCUT2D eigenvalue weighted by Crippen LogP contribution is 2.24. The predicted octanol–water partition coefficient (Wildman–Crippen LogP) is 4.30. The normalized spacial score (nSPS) is 11.0. The van der Waals surface area contributed by atoms with Gasteiger partial charge in [-0.3, -0.25) is 5.43 Å². The van der Waals surface area contributed by atoms with Crippen LogP contribution in [0.2, 0.25) is 0 Å². The summed E-state index contributed by atoms with van der Waals surface area (Å²) in [5.41, 5.74) is 5.16. The zero-order valence-corrected chi connectivity index (χ0v) is 14.0. The Morgan fingerprint density at radius 2 is 1.92 bits per heavy atom. The maximum Gasteiger partial charge on any atom is 0.196 e. The molecular weight excluding hydrogens is 339 g/mol. The molecule has 124 valence electrons. The highest BCUT2D eigenvalue weighted by molar-refractivity contribution is 7.12. The number of nitrogens with one attached hydrogen (secondary N) is 1. The predicted molar refractivity (Wildman–Crippen MR) is 96.3 cm³/mol. The average Bonchev–Trinajstić information content (AvgIpc) is 3.14. The molecule has 0 saturated heterocycles. The Labute approximate surface area is 148 Å². The summed E-state index contributed by atoms with van der Waals surface area (Å²) in [5, 5.41) is 15.7. The molecule has 2 aromatic carbocycles. The lowest BCUT2D eigenvalue weighted by Gasteiger charge is -2.01. The largest absolute Gasteiger partial charge is 0.497 e. The van der Waals surface area contributed by atoms with E-state index in [1.807, 2.05) is 35.7 Å². The van der Waals surface area contributed by atoms with E-state index in [9.17, 15) is 9.65 Å². The van der Waals surface area contributed by atoms with Crippen LogP contribution in [-0.4, -0.2) is 17.8 Å². The molecule has 0 amide bonds. The van der Waals surface area contributed by atoms with Crippen molar-refractivity contribution in [3.63, 3.8) is 0 Å². The van der Waals surface area contributed by atoms with Gasteiger partial charge in [-0.2, -0.15) is 10.4 Å². The lowest BCUT2D eigenvalue weighted by Crippen LogP contribution is -2.01. The van der Waals surface area contributed by atoms with Crippen LogP contribution in [0.3, 0.4) is 0 Å². The van der Waals surface area contributed by atoms with Gasteiger partial charge >= 0.3 is 0 Å². The molecule has 1 N–H and O–H groups in total. The van der Waals surface area contributed by atoms with E-state index in [-0.39, 0.29) is 11.5 Å². The number of methoxy groups -OCH3 is 1. The van der Waals surface area contributed by atoms with Crippen molar-refractivity contribution in [1.29, 1.82) is 5.26 Å². The summed E-state index contributed by atoms with van der Waals surface area (Å²) in [6.45, 7) is 0. The van der Waals surface area contributed by atoms with Crippen molar-refractivity contribution < 1.29 is 9.13 Å². The monoisotopic (exact) mass is 352 g/mol. The Bertz CT molecular complexity index is 927. The zero-order chi connectivity index (χ0) is 17.6. The fraction of sp³-hybridized carbons (Fsp3) is 0.0556. The van der Waals surface area contributed by atoms with Crippen LogP contribution < -0.4 is 10.2 Å². The summed E-state index contributed by atoms with van der Waals surface area (Å²) in [6.07, 6.45) is 0. The number of thiazole rings is 1. The second-order valence-corrected chi connectivity index (χ2v) is 5.82. The molecule has 0 radical (unpaired) electrons. The van der Waals surface area contributed by atoms with Crippen LogP contribution in [0.4, 0.5) is 10.1 Å². The Kier molecular flexibility index (Phi) is 5.02. The van der Waals surface area contributed by atoms with Gasteiger partial charge in [-0.1, -0.05) is 0 Å². The molecule has 7 heteroatoms. The molecule has 3 rings (SSSR count). The number of nitriles is 1. The minimum atomic E-state index is -0.334. The maximum absolute atomic E-state index is 12.9. The molecule has 1 heterocycles. The van der Waals surface area contributed by atoms with Gasteiger partial charge in [-0.15, -0.1) is 11.3 Å². The summed E-state index contributed by atoms with van der Waals surface area (Å²) in [6, 6.07) is 15.2. The second-order valence-electron chi connectivity index (χ2n) is 4.96. The number of hydrogen-bond donors (Lipinski definition) is 1. The quantitative estimate of drug-likeness (QED) is 0.549. The number of hydrogen-bond acceptors (Lipinski definition) is 6. The van der Waals surface area contributed by atoms with Crippen molar-refractivity contribution in [2.24, 2.45) is 5.10 Å². The fourth-order valence-electron chi connectivity index (χ4n) is 2.04. The first kappa shape index (κ1) is 16.6. The summed E-state index contributed by atoms with van der Waals surface area (Å²) in [4.78, 5) is 4.46. The lowest BCUT2D eigenvalue weighted by molar-refractivity contribution is 0.415. The molecule has 25 heavy (non-hydrogen) atoms. The van der Waals surface area contributed by atoms with Crippen molar-refractivity contribution in [3.05, 3.63) is 64.7 Å². The molecule has 0 aliphatic rings. The molecule has 0 fully saturated rings. The Hall–Kier alpha value is -3.24. The number of rotatable bonds is 5. The molecule has 3 aromatic rings. The average molecular weight is 352 g/mol. The minimum absolute atomic E-state index is 0.161. The van der Waals surface area contributed by atoms with Gasteiger partial charge in [0.2, 0.25) is 0 Å². The van der Waals surface area contributed by atoms with Crippen LogP contribution in [0.15, 0.2) is 59.0 Å². The summed E-state index contributed by atoms with van der Waals surface area (Å²) in [5.74, 6) is 0.432.